The van der Waals surface area contributed by atoms with Crippen LogP contribution in [0.3, 0.4) is 0 Å². The maximum Gasteiger partial charge on any atom is 0.343 e. The summed E-state index contributed by atoms with van der Waals surface area (Å²) in [6, 6.07) is -1.33. The molecule has 0 aliphatic carbocycles. The number of amides is 2. The molecular weight excluding hydrogens is 514 g/mol. The van der Waals surface area contributed by atoms with E-state index in [1.54, 1.807) is 13.8 Å². The standard InChI is InChI=1S/C26H45N3O10/c1-12-14(4)26(29(11)20(34)16(6)31,22(36)25(8,39)23(37)38)21(35)24(7,28(10)19(33)15(5)30)18(32)17(27-9)13(2)3/h13-17,27,30-31,39H,12H2,1-11H3,(H,37,38)/t14-,15-,16-,17-,24+,25+,26+/m0/s1/i9D,10D. The summed E-state index contributed by atoms with van der Waals surface area (Å²) >= 11 is 0. The number of aliphatic hydroxyl groups is 3. The van der Waals surface area contributed by atoms with Crippen LogP contribution >= 0.6 is 0 Å². The number of Topliss-reactive ketones (excluding diaryl/α,β-unsaturated/α-hetero) is 3. The number of ketones is 3. The van der Waals surface area contributed by atoms with Gasteiger partial charge in [0.2, 0.25) is 11.4 Å². The van der Waals surface area contributed by atoms with Gasteiger partial charge in [0, 0.05) is 16.8 Å². The number of hydrogen-bond donors (Lipinski definition) is 5. The summed E-state index contributed by atoms with van der Waals surface area (Å²) in [5.74, 6) is -10.9. The van der Waals surface area contributed by atoms with Crippen LogP contribution in [-0.2, 0) is 28.8 Å². The SMILES string of the molecule is [2H]CN[C@H](C(=O)[C@](C)(C(=O)[C@@](C(=O)[C@@](C)(O)C(=O)O)([C@@H](C)CC)N(C)C(=O)[C@H](C)O)N(C[2H])C(=O)[C@H](C)O)C(C)C. The first-order chi connectivity index (χ1) is 18.6. The molecule has 0 fully saturated rings. The molecule has 0 saturated carbocycles. The minimum atomic E-state index is -3.31. The van der Waals surface area contributed by atoms with Crippen LogP contribution in [0.5, 0.6) is 0 Å². The van der Waals surface area contributed by atoms with Gasteiger partial charge in [-0.05, 0) is 46.6 Å². The molecule has 5 N–H and O–H groups in total. The molecule has 13 nitrogen and oxygen atoms in total. The largest absolute Gasteiger partial charge is 0.479 e. The van der Waals surface area contributed by atoms with Gasteiger partial charge in [0.05, 0.1) is 6.04 Å². The van der Waals surface area contributed by atoms with Crippen LogP contribution < -0.4 is 5.32 Å². The topological polar surface area (TPSA) is 202 Å². The number of carboxylic acids is 1. The van der Waals surface area contributed by atoms with Gasteiger partial charge in [-0.2, -0.15) is 0 Å². The lowest BCUT2D eigenvalue weighted by Crippen LogP contribution is -2.78. The summed E-state index contributed by atoms with van der Waals surface area (Å²) in [6.07, 6.45) is -3.78. The summed E-state index contributed by atoms with van der Waals surface area (Å²) in [5, 5.41) is 43.4. The molecule has 0 saturated heterocycles. The van der Waals surface area contributed by atoms with E-state index in [0.29, 0.717) is 16.7 Å². The Kier molecular flexibility index (Phi) is 10.9. The van der Waals surface area contributed by atoms with Crippen LogP contribution in [-0.4, -0.2) is 121 Å². The van der Waals surface area contributed by atoms with Crippen LogP contribution in [0, 0.1) is 11.8 Å². The molecule has 0 radical (unpaired) electrons. The molecule has 0 heterocycles. The zero-order chi connectivity index (χ0) is 32.8. The van der Waals surface area contributed by atoms with E-state index in [1.807, 2.05) is 0 Å². The summed E-state index contributed by atoms with van der Waals surface area (Å²) in [6.45, 7) is 9.43. The first-order valence-electron chi connectivity index (χ1n) is 13.9. The Morgan fingerprint density at radius 2 is 1.36 bits per heavy atom. The highest BCUT2D eigenvalue weighted by atomic mass is 16.4. The van der Waals surface area contributed by atoms with E-state index in [2.05, 4.69) is 5.32 Å². The van der Waals surface area contributed by atoms with Gasteiger partial charge in [0.15, 0.2) is 22.6 Å². The predicted molar refractivity (Wildman–Crippen MR) is 140 cm³/mol. The molecule has 0 aromatic heterocycles. The number of carbonyl (C=O) groups excluding carboxylic acids is 5. The summed E-state index contributed by atoms with van der Waals surface area (Å²) in [4.78, 5) is 82.8. The van der Waals surface area contributed by atoms with Gasteiger partial charge in [0.1, 0.15) is 12.2 Å². The molecule has 0 aromatic carbocycles. The lowest BCUT2D eigenvalue weighted by molar-refractivity contribution is -0.180. The van der Waals surface area contributed by atoms with E-state index >= 15 is 4.79 Å². The quantitative estimate of drug-likeness (QED) is 0.153. The highest BCUT2D eigenvalue weighted by Crippen LogP contribution is 2.39. The first kappa shape index (κ1) is 32.5. The normalized spacial score (nSPS) is 20.0. The smallest absolute Gasteiger partial charge is 0.343 e. The highest BCUT2D eigenvalue weighted by molar-refractivity contribution is 6.30. The number of carbonyl (C=O) groups is 6. The summed E-state index contributed by atoms with van der Waals surface area (Å²) in [5.41, 5.74) is -9.15. The van der Waals surface area contributed by atoms with Gasteiger partial charge >= 0.3 is 5.97 Å². The molecule has 0 aliphatic heterocycles. The first-order valence-corrected chi connectivity index (χ1v) is 12.5. The van der Waals surface area contributed by atoms with Gasteiger partial charge in [0.25, 0.3) is 11.8 Å². The third-order valence-corrected chi connectivity index (χ3v) is 7.35. The molecule has 0 spiro atoms. The fourth-order valence-electron chi connectivity index (χ4n) is 4.52. The zero-order valence-corrected chi connectivity index (χ0v) is 24.1. The molecule has 0 bridgehead atoms. The second kappa shape index (κ2) is 13.1. The lowest BCUT2D eigenvalue weighted by atomic mass is 9.63. The van der Waals surface area contributed by atoms with Crippen molar-refractivity contribution in [3.63, 3.8) is 0 Å². The Bertz CT molecular complexity index is 1020. The van der Waals surface area contributed by atoms with Gasteiger partial charge in [-0.3, -0.25) is 24.0 Å². The molecule has 7 atom stereocenters. The second-order valence-corrected chi connectivity index (χ2v) is 10.5. The number of nitrogens with zero attached hydrogens (tertiary/aromatic N) is 2. The van der Waals surface area contributed by atoms with Crippen molar-refractivity contribution in [2.24, 2.45) is 11.8 Å². The van der Waals surface area contributed by atoms with E-state index in [4.69, 9.17) is 2.74 Å². The lowest BCUT2D eigenvalue weighted by Gasteiger charge is -2.51. The van der Waals surface area contributed by atoms with Crippen molar-refractivity contribution in [3.8, 4) is 0 Å². The Labute approximate surface area is 232 Å². The van der Waals surface area contributed by atoms with E-state index in [-0.39, 0.29) is 6.42 Å². The minimum Gasteiger partial charge on any atom is -0.479 e. The van der Waals surface area contributed by atoms with E-state index in [0.717, 1.165) is 27.8 Å². The van der Waals surface area contributed by atoms with Gasteiger partial charge in [-0.1, -0.05) is 34.1 Å². The third kappa shape index (κ3) is 6.21. The predicted octanol–water partition coefficient (Wildman–Crippen LogP) is -1.00. The molecule has 0 unspecified atom stereocenters. The van der Waals surface area contributed by atoms with Crippen LogP contribution in [0.25, 0.3) is 0 Å². The van der Waals surface area contributed by atoms with Crippen molar-refractivity contribution in [2.75, 3.05) is 21.1 Å². The molecule has 224 valence electrons. The third-order valence-electron chi connectivity index (χ3n) is 7.35. The Morgan fingerprint density at radius 1 is 0.897 bits per heavy atom. The average Bonchev–Trinajstić information content (AvgIpc) is 2.89. The molecule has 39 heavy (non-hydrogen) atoms. The molecular formula is C26H45N3O10. The number of likely N-dealkylation sites (N-methyl/N-ethyl adjacent to an activating group) is 3. The van der Waals surface area contributed by atoms with Crippen molar-refractivity contribution in [1.82, 2.24) is 15.1 Å². The number of carboxylic acid groups (broad SMARTS) is 1. The maximum atomic E-state index is 15.0. The molecule has 0 aromatic rings. The van der Waals surface area contributed by atoms with Crippen molar-refractivity contribution in [3.05, 3.63) is 0 Å². The highest BCUT2D eigenvalue weighted by Gasteiger charge is 2.67. The molecule has 0 aliphatic rings. The van der Waals surface area contributed by atoms with Gasteiger partial charge < -0.3 is 35.5 Å². The van der Waals surface area contributed by atoms with Crippen molar-refractivity contribution >= 4 is 35.1 Å². The minimum absolute atomic E-state index is 0.112. The van der Waals surface area contributed by atoms with Gasteiger partial charge in [-0.25, -0.2) is 4.79 Å². The van der Waals surface area contributed by atoms with Crippen LogP contribution in [0.4, 0.5) is 0 Å². The maximum absolute atomic E-state index is 15.0. The van der Waals surface area contributed by atoms with Gasteiger partial charge in [-0.15, -0.1) is 0 Å². The zero-order valence-electron chi connectivity index (χ0n) is 26.1. The Morgan fingerprint density at radius 3 is 1.69 bits per heavy atom. The number of nitrogens with one attached hydrogen (secondary N) is 1. The number of aliphatic carboxylic acids is 1. The van der Waals surface area contributed by atoms with E-state index in [1.165, 1.54) is 13.8 Å². The molecule has 0 rings (SSSR count). The van der Waals surface area contributed by atoms with Crippen molar-refractivity contribution in [2.45, 2.75) is 96.7 Å². The van der Waals surface area contributed by atoms with Crippen molar-refractivity contribution < 1.29 is 51.9 Å². The molecule has 13 heteroatoms. The van der Waals surface area contributed by atoms with E-state index in [9.17, 15) is 44.4 Å². The monoisotopic (exact) mass is 561 g/mol. The molecule has 2 amide bonds. The summed E-state index contributed by atoms with van der Waals surface area (Å²) < 4.78 is 15.7. The number of hydrogen-bond acceptors (Lipinski definition) is 10. The second-order valence-electron chi connectivity index (χ2n) is 10.5. The van der Waals surface area contributed by atoms with Crippen molar-refractivity contribution in [1.29, 1.82) is 0 Å². The Balaban J connectivity index is 8.34. The fourth-order valence-corrected chi connectivity index (χ4v) is 4.52. The number of aliphatic hydroxyl groups excluding tert-OH is 2. The average molecular weight is 562 g/mol. The van der Waals surface area contributed by atoms with Crippen LogP contribution in [0.15, 0.2) is 0 Å². The number of rotatable bonds is 15. The van der Waals surface area contributed by atoms with Crippen LogP contribution in [0.1, 0.15) is 64.6 Å². The summed E-state index contributed by atoms with van der Waals surface area (Å²) in [7, 11) is -0.700. The van der Waals surface area contributed by atoms with Crippen LogP contribution in [0.2, 0.25) is 0 Å². The van der Waals surface area contributed by atoms with E-state index < -0.39 is 95.9 Å². The Hall–Kier alpha value is -2.74. The fraction of sp³-hybridized carbons (Fsp3) is 0.769.